The lowest BCUT2D eigenvalue weighted by atomic mass is 10.1. The van der Waals surface area contributed by atoms with Gasteiger partial charge in [0, 0.05) is 0 Å². The zero-order valence-electron chi connectivity index (χ0n) is 10.5. The first kappa shape index (κ1) is 15.5. The number of halogens is 1. The third-order valence-corrected chi connectivity index (χ3v) is 3.67. The van der Waals surface area contributed by atoms with Crippen molar-refractivity contribution in [2.24, 2.45) is 0 Å². The second kappa shape index (κ2) is 12.5. The van der Waals surface area contributed by atoms with Crippen molar-refractivity contribution in [1.29, 1.82) is 0 Å². The van der Waals surface area contributed by atoms with Crippen molar-refractivity contribution in [3.8, 4) is 0 Å². The molecule has 0 radical (unpaired) electrons. The first-order valence-electron chi connectivity index (χ1n) is 6.65. The van der Waals surface area contributed by atoms with Crippen molar-refractivity contribution in [2.75, 3.05) is 0 Å². The standard InChI is InChI=1S/C14H27I/c1-3-5-7-9-11-13-14(15)12-10-8-6-4-2/h12H,3-11,13H2,1-2H3/b14-12+. The highest BCUT2D eigenvalue weighted by Crippen LogP contribution is 2.18. The minimum atomic E-state index is 1.29. The number of hydrogen-bond donors (Lipinski definition) is 0. The molecule has 0 unspecified atom stereocenters. The van der Waals surface area contributed by atoms with Gasteiger partial charge < -0.3 is 0 Å². The zero-order valence-corrected chi connectivity index (χ0v) is 12.7. The van der Waals surface area contributed by atoms with Crippen LogP contribution in [0.2, 0.25) is 0 Å². The molecule has 0 nitrogen and oxygen atoms in total. The maximum atomic E-state index is 2.52. The van der Waals surface area contributed by atoms with Gasteiger partial charge in [-0.25, -0.2) is 0 Å². The quantitative estimate of drug-likeness (QED) is 0.329. The topological polar surface area (TPSA) is 0 Å². The summed E-state index contributed by atoms with van der Waals surface area (Å²) >= 11 is 2.52. The molecule has 0 aromatic rings. The van der Waals surface area contributed by atoms with Gasteiger partial charge in [-0.2, -0.15) is 0 Å². The molecular weight excluding hydrogens is 295 g/mol. The highest BCUT2D eigenvalue weighted by atomic mass is 127. The summed E-state index contributed by atoms with van der Waals surface area (Å²) in [7, 11) is 0. The minimum Gasteiger partial charge on any atom is -0.0752 e. The normalized spacial score (nSPS) is 12.1. The van der Waals surface area contributed by atoms with Gasteiger partial charge in [0.1, 0.15) is 0 Å². The number of allylic oxidation sites excluding steroid dienone is 2. The molecule has 0 N–H and O–H groups in total. The fourth-order valence-electron chi connectivity index (χ4n) is 1.65. The lowest BCUT2D eigenvalue weighted by Crippen LogP contribution is -1.79. The van der Waals surface area contributed by atoms with Crippen molar-refractivity contribution in [3.63, 3.8) is 0 Å². The predicted molar refractivity (Wildman–Crippen MR) is 79.6 cm³/mol. The van der Waals surface area contributed by atoms with Crippen LogP contribution in [0.4, 0.5) is 0 Å². The van der Waals surface area contributed by atoms with Crippen molar-refractivity contribution in [2.45, 2.75) is 78.1 Å². The molecule has 0 aliphatic heterocycles. The van der Waals surface area contributed by atoms with E-state index in [9.17, 15) is 0 Å². The lowest BCUT2D eigenvalue weighted by Gasteiger charge is -2.00. The molecule has 0 saturated heterocycles. The molecule has 0 aliphatic carbocycles. The Bertz CT molecular complexity index is 149. The van der Waals surface area contributed by atoms with Crippen molar-refractivity contribution in [1.82, 2.24) is 0 Å². The number of rotatable bonds is 10. The van der Waals surface area contributed by atoms with Gasteiger partial charge in [0.15, 0.2) is 0 Å². The molecule has 0 amide bonds. The van der Waals surface area contributed by atoms with Gasteiger partial charge in [0.05, 0.1) is 0 Å². The summed E-state index contributed by atoms with van der Waals surface area (Å²) in [5, 5.41) is 0. The van der Waals surface area contributed by atoms with E-state index in [0.29, 0.717) is 0 Å². The molecule has 15 heavy (non-hydrogen) atoms. The van der Waals surface area contributed by atoms with Gasteiger partial charge in [0.2, 0.25) is 0 Å². The van der Waals surface area contributed by atoms with E-state index in [1.165, 1.54) is 64.2 Å². The summed E-state index contributed by atoms with van der Waals surface area (Å²) in [5.74, 6) is 0. The Kier molecular flexibility index (Phi) is 12.9. The Morgan fingerprint density at radius 2 is 1.47 bits per heavy atom. The van der Waals surface area contributed by atoms with Crippen LogP contribution in [0, 0.1) is 0 Å². The summed E-state index contributed by atoms with van der Waals surface area (Å²) in [4.78, 5) is 0. The molecule has 0 aliphatic rings. The summed E-state index contributed by atoms with van der Waals surface area (Å²) in [6.07, 6.45) is 16.1. The van der Waals surface area contributed by atoms with Crippen LogP contribution in [0.3, 0.4) is 0 Å². The zero-order chi connectivity index (χ0) is 11.4. The smallest absolute Gasteiger partial charge is 0.0134 e. The molecule has 1 heteroatoms. The molecular formula is C14H27I. The average molecular weight is 322 g/mol. The third kappa shape index (κ3) is 12.4. The van der Waals surface area contributed by atoms with Crippen LogP contribution < -0.4 is 0 Å². The summed E-state index contributed by atoms with van der Waals surface area (Å²) in [6.45, 7) is 4.54. The molecule has 0 bridgehead atoms. The van der Waals surface area contributed by atoms with E-state index < -0.39 is 0 Å². The largest absolute Gasteiger partial charge is 0.0752 e. The van der Waals surface area contributed by atoms with E-state index >= 15 is 0 Å². The summed E-state index contributed by atoms with van der Waals surface area (Å²) < 4.78 is 1.58. The van der Waals surface area contributed by atoms with E-state index in [1.54, 1.807) is 3.58 Å². The van der Waals surface area contributed by atoms with Crippen LogP contribution in [0.15, 0.2) is 9.66 Å². The Labute approximate surface area is 110 Å². The van der Waals surface area contributed by atoms with Crippen LogP contribution in [0.5, 0.6) is 0 Å². The molecule has 0 atom stereocenters. The van der Waals surface area contributed by atoms with E-state index in [0.717, 1.165) is 0 Å². The molecule has 0 aromatic carbocycles. The minimum absolute atomic E-state index is 1.29. The number of unbranched alkanes of at least 4 members (excludes halogenated alkanes) is 7. The second-order valence-corrected chi connectivity index (χ2v) is 5.70. The molecule has 0 saturated carbocycles. The highest BCUT2D eigenvalue weighted by Gasteiger charge is 1.93. The Morgan fingerprint density at radius 1 is 0.867 bits per heavy atom. The fourth-order valence-corrected chi connectivity index (χ4v) is 2.35. The Balaban J connectivity index is 3.26. The van der Waals surface area contributed by atoms with Crippen molar-refractivity contribution < 1.29 is 0 Å². The van der Waals surface area contributed by atoms with Crippen molar-refractivity contribution in [3.05, 3.63) is 9.66 Å². The van der Waals surface area contributed by atoms with Crippen LogP contribution in [0.25, 0.3) is 0 Å². The van der Waals surface area contributed by atoms with Gasteiger partial charge in [0.25, 0.3) is 0 Å². The molecule has 0 heterocycles. The highest BCUT2D eigenvalue weighted by molar-refractivity contribution is 14.1. The Hall–Kier alpha value is 0.470. The average Bonchev–Trinajstić information content (AvgIpc) is 2.24. The second-order valence-electron chi connectivity index (χ2n) is 4.31. The van der Waals surface area contributed by atoms with Gasteiger partial charge >= 0.3 is 0 Å². The van der Waals surface area contributed by atoms with Crippen LogP contribution in [0.1, 0.15) is 78.1 Å². The van der Waals surface area contributed by atoms with Gasteiger partial charge in [-0.1, -0.05) is 58.4 Å². The van der Waals surface area contributed by atoms with E-state index in [1.807, 2.05) is 0 Å². The molecule has 0 fully saturated rings. The van der Waals surface area contributed by atoms with Crippen LogP contribution in [-0.2, 0) is 0 Å². The fraction of sp³-hybridized carbons (Fsp3) is 0.857. The van der Waals surface area contributed by atoms with Crippen molar-refractivity contribution >= 4 is 22.6 Å². The molecule has 0 rings (SSSR count). The van der Waals surface area contributed by atoms with Gasteiger partial charge in [-0.15, -0.1) is 0 Å². The van der Waals surface area contributed by atoms with Crippen LogP contribution in [-0.4, -0.2) is 0 Å². The SMILES string of the molecule is CCCCC/C=C(/I)CCCCCCC. The third-order valence-electron chi connectivity index (χ3n) is 2.69. The predicted octanol–water partition coefficient (Wildman–Crippen LogP) is 6.25. The lowest BCUT2D eigenvalue weighted by molar-refractivity contribution is 0.636. The first-order valence-corrected chi connectivity index (χ1v) is 7.73. The molecule has 0 spiro atoms. The van der Waals surface area contributed by atoms with E-state index in [-0.39, 0.29) is 0 Å². The molecule has 90 valence electrons. The van der Waals surface area contributed by atoms with Gasteiger partial charge in [-0.05, 0) is 51.9 Å². The number of hydrogen-bond acceptors (Lipinski definition) is 0. The maximum absolute atomic E-state index is 2.52. The Morgan fingerprint density at radius 3 is 2.13 bits per heavy atom. The molecule has 0 aromatic heterocycles. The first-order chi connectivity index (χ1) is 7.31. The van der Waals surface area contributed by atoms with E-state index in [4.69, 9.17) is 0 Å². The summed E-state index contributed by atoms with van der Waals surface area (Å²) in [6, 6.07) is 0. The monoisotopic (exact) mass is 322 g/mol. The van der Waals surface area contributed by atoms with Gasteiger partial charge in [-0.3, -0.25) is 0 Å². The summed E-state index contributed by atoms with van der Waals surface area (Å²) in [5.41, 5.74) is 0. The van der Waals surface area contributed by atoms with Crippen LogP contribution >= 0.6 is 22.6 Å². The van der Waals surface area contributed by atoms with E-state index in [2.05, 4.69) is 42.5 Å². The maximum Gasteiger partial charge on any atom is -0.0134 e.